The highest BCUT2D eigenvalue weighted by Crippen LogP contribution is 2.21. The summed E-state index contributed by atoms with van der Waals surface area (Å²) in [7, 11) is 0. The van der Waals surface area contributed by atoms with Crippen molar-refractivity contribution >= 4 is 28.9 Å². The van der Waals surface area contributed by atoms with Crippen LogP contribution >= 0.6 is 23.2 Å². The summed E-state index contributed by atoms with van der Waals surface area (Å²) < 4.78 is 0. The van der Waals surface area contributed by atoms with Gasteiger partial charge in [0, 0.05) is 16.6 Å². The molecule has 0 unspecified atom stereocenters. The molecule has 0 spiro atoms. The molecule has 0 radical (unpaired) electrons. The molecular weight excluding hydrogens is 245 g/mol. The Labute approximate surface area is 103 Å². The van der Waals surface area contributed by atoms with Crippen LogP contribution in [0.4, 0.5) is 5.69 Å². The number of aromatic nitrogens is 2. The quantitative estimate of drug-likeness (QED) is 0.912. The van der Waals surface area contributed by atoms with Crippen LogP contribution in [-0.2, 0) is 6.54 Å². The highest BCUT2D eigenvalue weighted by atomic mass is 35.5. The van der Waals surface area contributed by atoms with E-state index in [0.29, 0.717) is 16.6 Å². The fourth-order valence-electron chi connectivity index (χ4n) is 1.25. The molecule has 1 heterocycles. The van der Waals surface area contributed by atoms with E-state index in [9.17, 15) is 0 Å². The molecule has 0 saturated heterocycles. The molecule has 2 aromatic rings. The predicted molar refractivity (Wildman–Crippen MR) is 65.8 cm³/mol. The Kier molecular flexibility index (Phi) is 3.59. The molecule has 0 amide bonds. The SMILES string of the molecule is Clc1ccc(CNc2cncnc2)c(Cl)c1. The summed E-state index contributed by atoms with van der Waals surface area (Å²) in [4.78, 5) is 7.81. The van der Waals surface area contributed by atoms with Crippen molar-refractivity contribution in [3.63, 3.8) is 0 Å². The van der Waals surface area contributed by atoms with E-state index in [0.717, 1.165) is 11.3 Å². The number of halogens is 2. The van der Waals surface area contributed by atoms with Gasteiger partial charge in [-0.2, -0.15) is 0 Å². The summed E-state index contributed by atoms with van der Waals surface area (Å²) >= 11 is 11.8. The van der Waals surface area contributed by atoms with Gasteiger partial charge < -0.3 is 5.32 Å². The maximum atomic E-state index is 6.04. The van der Waals surface area contributed by atoms with Gasteiger partial charge in [-0.25, -0.2) is 9.97 Å². The minimum Gasteiger partial charge on any atom is -0.378 e. The van der Waals surface area contributed by atoms with Crippen molar-refractivity contribution in [2.75, 3.05) is 5.32 Å². The molecule has 3 nitrogen and oxygen atoms in total. The lowest BCUT2D eigenvalue weighted by Crippen LogP contribution is -2.00. The summed E-state index contributed by atoms with van der Waals surface area (Å²) in [5, 5.41) is 4.45. The van der Waals surface area contributed by atoms with Gasteiger partial charge in [0.2, 0.25) is 0 Å². The first-order chi connectivity index (χ1) is 7.75. The smallest absolute Gasteiger partial charge is 0.115 e. The predicted octanol–water partition coefficient (Wildman–Crippen LogP) is 3.40. The molecule has 1 N–H and O–H groups in total. The molecule has 1 aromatic heterocycles. The lowest BCUT2D eigenvalue weighted by atomic mass is 10.2. The van der Waals surface area contributed by atoms with Gasteiger partial charge in [-0.15, -0.1) is 0 Å². The first kappa shape index (κ1) is 11.2. The second-order valence-electron chi connectivity index (χ2n) is 3.22. The summed E-state index contributed by atoms with van der Waals surface area (Å²) in [5.74, 6) is 0. The molecule has 5 heteroatoms. The van der Waals surface area contributed by atoms with Crippen LogP contribution in [0.2, 0.25) is 10.0 Å². The molecule has 0 aliphatic heterocycles. The number of hydrogen-bond acceptors (Lipinski definition) is 3. The maximum Gasteiger partial charge on any atom is 0.115 e. The average Bonchev–Trinajstić information content (AvgIpc) is 2.29. The van der Waals surface area contributed by atoms with E-state index in [-0.39, 0.29) is 0 Å². The van der Waals surface area contributed by atoms with Crippen molar-refractivity contribution in [1.29, 1.82) is 0 Å². The van der Waals surface area contributed by atoms with Gasteiger partial charge in [0.15, 0.2) is 0 Å². The van der Waals surface area contributed by atoms with Crippen LogP contribution in [0.15, 0.2) is 36.9 Å². The molecule has 0 bridgehead atoms. The molecule has 0 aliphatic rings. The molecule has 1 aromatic carbocycles. The maximum absolute atomic E-state index is 6.04. The average molecular weight is 254 g/mol. The third-order valence-electron chi connectivity index (χ3n) is 2.06. The summed E-state index contributed by atoms with van der Waals surface area (Å²) in [6.45, 7) is 0.614. The Hall–Kier alpha value is -1.32. The van der Waals surface area contributed by atoms with Crippen molar-refractivity contribution in [3.8, 4) is 0 Å². The fraction of sp³-hybridized carbons (Fsp3) is 0.0909. The van der Waals surface area contributed by atoms with Crippen LogP contribution in [0.25, 0.3) is 0 Å². The molecule has 0 saturated carbocycles. The van der Waals surface area contributed by atoms with E-state index >= 15 is 0 Å². The van der Waals surface area contributed by atoms with E-state index < -0.39 is 0 Å². The lowest BCUT2D eigenvalue weighted by Gasteiger charge is -2.07. The highest BCUT2D eigenvalue weighted by molar-refractivity contribution is 6.35. The van der Waals surface area contributed by atoms with Gasteiger partial charge in [-0.3, -0.25) is 0 Å². The second-order valence-corrected chi connectivity index (χ2v) is 4.06. The Morgan fingerprint density at radius 2 is 1.88 bits per heavy atom. The Bertz CT molecular complexity index is 474. The zero-order chi connectivity index (χ0) is 11.4. The third kappa shape index (κ3) is 2.84. The number of benzene rings is 1. The van der Waals surface area contributed by atoms with Gasteiger partial charge in [0.1, 0.15) is 6.33 Å². The van der Waals surface area contributed by atoms with Crippen molar-refractivity contribution in [2.45, 2.75) is 6.54 Å². The van der Waals surface area contributed by atoms with Crippen molar-refractivity contribution in [2.24, 2.45) is 0 Å². The molecular formula is C11H9Cl2N3. The van der Waals surface area contributed by atoms with E-state index in [1.165, 1.54) is 6.33 Å². The lowest BCUT2D eigenvalue weighted by molar-refractivity contribution is 1.10. The monoisotopic (exact) mass is 253 g/mol. The van der Waals surface area contributed by atoms with Crippen molar-refractivity contribution < 1.29 is 0 Å². The van der Waals surface area contributed by atoms with Crippen LogP contribution in [0.1, 0.15) is 5.56 Å². The van der Waals surface area contributed by atoms with Crippen LogP contribution in [0.3, 0.4) is 0 Å². The van der Waals surface area contributed by atoms with Crippen LogP contribution < -0.4 is 5.32 Å². The Morgan fingerprint density at radius 1 is 1.12 bits per heavy atom. The minimum absolute atomic E-state index is 0.614. The van der Waals surface area contributed by atoms with Gasteiger partial charge in [0.05, 0.1) is 18.1 Å². The zero-order valence-corrected chi connectivity index (χ0v) is 9.83. The number of anilines is 1. The fourth-order valence-corrected chi connectivity index (χ4v) is 1.73. The standard InChI is InChI=1S/C11H9Cl2N3/c12-9-2-1-8(11(13)3-9)4-16-10-5-14-7-15-6-10/h1-3,5-7,16H,4H2. The first-order valence-corrected chi connectivity index (χ1v) is 5.44. The topological polar surface area (TPSA) is 37.8 Å². The molecule has 16 heavy (non-hydrogen) atoms. The summed E-state index contributed by atoms with van der Waals surface area (Å²) in [6, 6.07) is 5.43. The number of nitrogens with one attached hydrogen (secondary N) is 1. The minimum atomic E-state index is 0.614. The number of rotatable bonds is 3. The number of hydrogen-bond donors (Lipinski definition) is 1. The van der Waals surface area contributed by atoms with Crippen LogP contribution in [-0.4, -0.2) is 9.97 Å². The normalized spacial score (nSPS) is 10.1. The van der Waals surface area contributed by atoms with Gasteiger partial charge in [0.25, 0.3) is 0 Å². The summed E-state index contributed by atoms with van der Waals surface area (Å²) in [5.41, 5.74) is 1.84. The van der Waals surface area contributed by atoms with E-state index in [1.807, 2.05) is 12.1 Å². The van der Waals surface area contributed by atoms with Crippen LogP contribution in [0, 0.1) is 0 Å². The number of nitrogens with zero attached hydrogens (tertiary/aromatic N) is 2. The van der Waals surface area contributed by atoms with Crippen LogP contribution in [0.5, 0.6) is 0 Å². The zero-order valence-electron chi connectivity index (χ0n) is 8.32. The van der Waals surface area contributed by atoms with Gasteiger partial charge in [-0.1, -0.05) is 29.3 Å². The van der Waals surface area contributed by atoms with Gasteiger partial charge in [-0.05, 0) is 17.7 Å². The van der Waals surface area contributed by atoms with Gasteiger partial charge >= 0.3 is 0 Å². The van der Waals surface area contributed by atoms with E-state index in [2.05, 4.69) is 15.3 Å². The van der Waals surface area contributed by atoms with E-state index in [4.69, 9.17) is 23.2 Å². The second kappa shape index (κ2) is 5.14. The van der Waals surface area contributed by atoms with Crippen molar-refractivity contribution in [1.82, 2.24) is 9.97 Å². The molecule has 82 valence electrons. The summed E-state index contributed by atoms with van der Waals surface area (Å²) in [6.07, 6.45) is 4.90. The highest BCUT2D eigenvalue weighted by Gasteiger charge is 2.01. The largest absolute Gasteiger partial charge is 0.378 e. The van der Waals surface area contributed by atoms with Crippen molar-refractivity contribution in [3.05, 3.63) is 52.5 Å². The Balaban J connectivity index is 2.05. The molecule has 2 rings (SSSR count). The molecule has 0 aliphatic carbocycles. The Morgan fingerprint density at radius 3 is 2.56 bits per heavy atom. The first-order valence-electron chi connectivity index (χ1n) is 4.68. The van der Waals surface area contributed by atoms with E-state index in [1.54, 1.807) is 18.5 Å². The molecule has 0 atom stereocenters. The molecule has 0 fully saturated rings. The third-order valence-corrected chi connectivity index (χ3v) is 2.65.